The molecule has 232 valence electrons. The second-order valence-electron chi connectivity index (χ2n) is 12.1. The fourth-order valence-corrected chi connectivity index (χ4v) is 6.31. The summed E-state index contributed by atoms with van der Waals surface area (Å²) in [6.45, 7) is 5.96. The van der Waals surface area contributed by atoms with Crippen molar-refractivity contribution in [3.05, 3.63) is 93.0 Å². The van der Waals surface area contributed by atoms with Crippen LogP contribution in [-0.4, -0.2) is 38.1 Å². The lowest BCUT2D eigenvalue weighted by molar-refractivity contribution is -0.118. The number of nitrogens with zero attached hydrogens (tertiary/aromatic N) is 1. The van der Waals surface area contributed by atoms with Crippen LogP contribution in [-0.2, 0) is 11.2 Å². The number of hydrogen-bond donors (Lipinski definition) is 3. The Kier molecular flexibility index (Phi) is 9.89. The first-order chi connectivity index (χ1) is 20.7. The van der Waals surface area contributed by atoms with Crippen LogP contribution in [0.15, 0.2) is 54.6 Å². The number of nitrogens with one attached hydrogen (secondary N) is 3. The average Bonchev–Trinajstić information content (AvgIpc) is 3.27. The Morgan fingerprint density at radius 1 is 1.11 bits per heavy atom. The summed E-state index contributed by atoms with van der Waals surface area (Å²) in [5, 5.41) is 19.7. The van der Waals surface area contributed by atoms with Gasteiger partial charge in [0, 0.05) is 29.6 Å². The highest BCUT2D eigenvalue weighted by molar-refractivity contribution is 6.31. The first kappa shape index (κ1) is 33.2. The molecule has 7 nitrogen and oxygen atoms in total. The lowest BCUT2D eigenvalue weighted by Gasteiger charge is -2.37. The summed E-state index contributed by atoms with van der Waals surface area (Å²) in [7, 11) is 2.90. The molecule has 0 spiro atoms. The number of carbonyl (C=O) groups is 2. The third kappa shape index (κ3) is 6.68. The Labute approximate surface area is 265 Å². The highest BCUT2D eigenvalue weighted by Gasteiger charge is 2.59. The molecule has 0 aliphatic carbocycles. The molecule has 1 heterocycles. The molecule has 0 radical (unpaired) electrons. The highest BCUT2D eigenvalue weighted by atomic mass is 35.5. The number of halogens is 4. The number of ether oxygens (including phenoxy) is 1. The molecule has 1 aliphatic rings. The second-order valence-corrected chi connectivity index (χ2v) is 13.0. The number of benzene rings is 3. The molecule has 11 heteroatoms. The fourth-order valence-electron chi connectivity index (χ4n) is 5.96. The molecule has 1 fully saturated rings. The molecule has 0 saturated carbocycles. The SMILES string of the molecule is CNC(=O)c1ccc(NC(=O)[C@@H]2N[C@@H](CC(C)(C)C)[C@](C#N)(Cc3ccc(Cl)cc3F)[C@H]2c2cccc(Cl)c2F)c(OC)c1. The summed E-state index contributed by atoms with van der Waals surface area (Å²) < 4.78 is 36.6. The van der Waals surface area contributed by atoms with Crippen LogP contribution in [0.3, 0.4) is 0 Å². The van der Waals surface area contributed by atoms with E-state index in [0.717, 1.165) is 6.07 Å². The van der Waals surface area contributed by atoms with Crippen molar-refractivity contribution >= 4 is 40.7 Å². The van der Waals surface area contributed by atoms with Crippen LogP contribution < -0.4 is 20.7 Å². The van der Waals surface area contributed by atoms with Gasteiger partial charge in [0.15, 0.2) is 0 Å². The molecule has 0 aromatic heterocycles. The number of amides is 2. The number of nitriles is 1. The number of carbonyl (C=O) groups excluding carboxylic acids is 2. The van der Waals surface area contributed by atoms with E-state index >= 15 is 8.78 Å². The molecule has 2 amide bonds. The van der Waals surface area contributed by atoms with Gasteiger partial charge in [-0.3, -0.25) is 9.59 Å². The van der Waals surface area contributed by atoms with Crippen molar-refractivity contribution in [3.63, 3.8) is 0 Å². The lowest BCUT2D eigenvalue weighted by atomic mass is 9.63. The Bertz CT molecular complexity index is 1620. The van der Waals surface area contributed by atoms with E-state index in [-0.39, 0.29) is 50.4 Å². The van der Waals surface area contributed by atoms with Crippen LogP contribution >= 0.6 is 23.2 Å². The molecule has 4 rings (SSSR count). The summed E-state index contributed by atoms with van der Waals surface area (Å²) in [5.41, 5.74) is -0.986. The van der Waals surface area contributed by atoms with E-state index in [0.29, 0.717) is 12.0 Å². The minimum absolute atomic E-state index is 0.0550. The minimum Gasteiger partial charge on any atom is -0.495 e. The molecule has 4 atom stereocenters. The van der Waals surface area contributed by atoms with Crippen molar-refractivity contribution in [2.45, 2.75) is 51.6 Å². The Balaban J connectivity index is 1.88. The highest BCUT2D eigenvalue weighted by Crippen LogP contribution is 2.52. The Morgan fingerprint density at radius 2 is 1.84 bits per heavy atom. The maximum absolute atomic E-state index is 15.9. The first-order valence-corrected chi connectivity index (χ1v) is 14.8. The molecule has 0 unspecified atom stereocenters. The topological polar surface area (TPSA) is 103 Å². The maximum atomic E-state index is 15.9. The summed E-state index contributed by atoms with van der Waals surface area (Å²) >= 11 is 12.2. The number of anilines is 1. The van der Waals surface area contributed by atoms with Crippen LogP contribution in [0.2, 0.25) is 10.0 Å². The fraction of sp³-hybridized carbons (Fsp3) is 0.364. The van der Waals surface area contributed by atoms with Gasteiger partial charge in [-0.05, 0) is 65.8 Å². The van der Waals surface area contributed by atoms with Crippen LogP contribution in [0.25, 0.3) is 0 Å². The van der Waals surface area contributed by atoms with Gasteiger partial charge in [-0.25, -0.2) is 8.78 Å². The molecular formula is C33H34Cl2F2N4O3. The van der Waals surface area contributed by atoms with Crippen LogP contribution in [0, 0.1) is 33.8 Å². The van der Waals surface area contributed by atoms with Crippen molar-refractivity contribution in [2.75, 3.05) is 19.5 Å². The van der Waals surface area contributed by atoms with Gasteiger partial charge in [-0.1, -0.05) is 62.2 Å². The molecule has 44 heavy (non-hydrogen) atoms. The summed E-state index contributed by atoms with van der Waals surface area (Å²) in [6, 6.07) is 13.8. The van der Waals surface area contributed by atoms with Gasteiger partial charge in [0.2, 0.25) is 5.91 Å². The number of rotatable bonds is 8. The molecule has 1 aliphatic heterocycles. The minimum atomic E-state index is -1.50. The Hall–Kier alpha value is -3.71. The van der Waals surface area contributed by atoms with E-state index in [2.05, 4.69) is 22.0 Å². The van der Waals surface area contributed by atoms with E-state index in [9.17, 15) is 14.9 Å². The monoisotopic (exact) mass is 642 g/mol. The number of hydrogen-bond acceptors (Lipinski definition) is 5. The lowest BCUT2D eigenvalue weighted by Crippen LogP contribution is -2.43. The third-order valence-corrected chi connectivity index (χ3v) is 8.49. The number of methoxy groups -OCH3 is 1. The summed E-state index contributed by atoms with van der Waals surface area (Å²) in [4.78, 5) is 26.3. The van der Waals surface area contributed by atoms with Crippen molar-refractivity contribution < 1.29 is 23.1 Å². The van der Waals surface area contributed by atoms with Gasteiger partial charge in [-0.2, -0.15) is 5.26 Å². The van der Waals surface area contributed by atoms with Gasteiger partial charge in [0.05, 0.1) is 35.3 Å². The second kappa shape index (κ2) is 13.1. The smallest absolute Gasteiger partial charge is 0.251 e. The van der Waals surface area contributed by atoms with Gasteiger partial charge < -0.3 is 20.7 Å². The third-order valence-electron chi connectivity index (χ3n) is 7.96. The molecular weight excluding hydrogens is 609 g/mol. The zero-order valence-electron chi connectivity index (χ0n) is 25.0. The van der Waals surface area contributed by atoms with Crippen molar-refractivity contribution in [1.82, 2.24) is 10.6 Å². The molecule has 3 N–H and O–H groups in total. The molecule has 1 saturated heterocycles. The summed E-state index contributed by atoms with van der Waals surface area (Å²) in [6.07, 6.45) is 0.271. The summed E-state index contributed by atoms with van der Waals surface area (Å²) in [5.74, 6) is -3.16. The zero-order valence-corrected chi connectivity index (χ0v) is 26.5. The largest absolute Gasteiger partial charge is 0.495 e. The van der Waals surface area contributed by atoms with Crippen LogP contribution in [0.4, 0.5) is 14.5 Å². The zero-order chi connectivity index (χ0) is 32.4. The van der Waals surface area contributed by atoms with E-state index in [1.807, 2.05) is 20.8 Å². The quantitative estimate of drug-likeness (QED) is 0.248. The van der Waals surface area contributed by atoms with Gasteiger partial charge >= 0.3 is 0 Å². The normalized spacial score (nSPS) is 21.4. The van der Waals surface area contributed by atoms with Gasteiger partial charge in [-0.15, -0.1) is 0 Å². The molecule has 3 aromatic rings. The van der Waals surface area contributed by atoms with Crippen molar-refractivity contribution in [2.24, 2.45) is 10.8 Å². The van der Waals surface area contributed by atoms with E-state index in [4.69, 9.17) is 27.9 Å². The van der Waals surface area contributed by atoms with E-state index in [1.54, 1.807) is 6.07 Å². The predicted molar refractivity (Wildman–Crippen MR) is 167 cm³/mol. The Morgan fingerprint density at radius 3 is 2.45 bits per heavy atom. The maximum Gasteiger partial charge on any atom is 0.251 e. The molecule has 0 bridgehead atoms. The first-order valence-electron chi connectivity index (χ1n) is 14.0. The van der Waals surface area contributed by atoms with Crippen LogP contribution in [0.1, 0.15) is 54.6 Å². The van der Waals surface area contributed by atoms with Gasteiger partial charge in [0.25, 0.3) is 5.91 Å². The van der Waals surface area contributed by atoms with E-state index < -0.39 is 41.0 Å². The van der Waals surface area contributed by atoms with Crippen LogP contribution in [0.5, 0.6) is 5.75 Å². The average molecular weight is 644 g/mol. The predicted octanol–water partition coefficient (Wildman–Crippen LogP) is 6.89. The van der Waals surface area contributed by atoms with Gasteiger partial charge in [0.1, 0.15) is 17.4 Å². The van der Waals surface area contributed by atoms with E-state index in [1.165, 1.54) is 56.6 Å². The standard InChI is InChI=1S/C33H34Cl2F2N4O3/c1-32(2,3)16-26-33(17-38,15-19-9-11-20(34)14-23(19)36)27(21-7-6-8-22(35)28(21)37)29(41-26)31(43)40-24-12-10-18(30(42)39-4)13-25(24)44-5/h6-14,26-27,29,41H,15-16H2,1-5H3,(H,39,42)(H,40,43)/t26-,27-,29+,33+/m0/s1. The molecule has 3 aromatic carbocycles. The van der Waals surface area contributed by atoms with Crippen molar-refractivity contribution in [1.29, 1.82) is 5.26 Å². The van der Waals surface area contributed by atoms with Crippen molar-refractivity contribution in [3.8, 4) is 11.8 Å².